The molecule has 0 radical (unpaired) electrons. The van der Waals surface area contributed by atoms with Gasteiger partial charge in [-0.15, -0.1) is 10.2 Å². The Labute approximate surface area is 101 Å². The molecule has 0 bridgehead atoms. The fraction of sp³-hybridized carbons (Fsp3) is 0.818. The van der Waals surface area contributed by atoms with Crippen molar-refractivity contribution in [1.29, 1.82) is 0 Å². The molecule has 16 heavy (non-hydrogen) atoms. The summed E-state index contributed by atoms with van der Waals surface area (Å²) in [7, 11) is 0. The van der Waals surface area contributed by atoms with Crippen LogP contribution in [0.3, 0.4) is 0 Å². The van der Waals surface area contributed by atoms with Gasteiger partial charge in [-0.05, 0) is 25.3 Å². The van der Waals surface area contributed by atoms with Crippen molar-refractivity contribution in [3.05, 3.63) is 5.51 Å². The third-order valence-corrected chi connectivity index (χ3v) is 3.63. The van der Waals surface area contributed by atoms with Gasteiger partial charge in [0.05, 0.1) is 0 Å². The van der Waals surface area contributed by atoms with Crippen LogP contribution in [-0.4, -0.2) is 35.9 Å². The molecule has 1 atom stereocenters. The fourth-order valence-electron chi connectivity index (χ4n) is 2.13. The smallest absolute Gasteiger partial charge is 0.208 e. The molecule has 4 nitrogen and oxygen atoms in total. The Morgan fingerprint density at radius 2 is 2.50 bits per heavy atom. The number of nitrogens with zero attached hydrogens (tertiary/aromatic N) is 3. The third-order valence-electron chi connectivity index (χ3n) is 2.90. The number of hydrogen-bond acceptors (Lipinski definition) is 5. The molecule has 0 amide bonds. The highest BCUT2D eigenvalue weighted by Gasteiger charge is 2.26. The van der Waals surface area contributed by atoms with E-state index in [1.54, 1.807) is 11.3 Å². The zero-order valence-electron chi connectivity index (χ0n) is 10.0. The maximum absolute atomic E-state index is 4.16. The van der Waals surface area contributed by atoms with E-state index in [0.717, 1.165) is 30.7 Å². The molecule has 0 saturated carbocycles. The molecule has 1 aromatic rings. The summed E-state index contributed by atoms with van der Waals surface area (Å²) >= 11 is 1.64. The van der Waals surface area contributed by atoms with E-state index in [1.807, 2.05) is 5.51 Å². The van der Waals surface area contributed by atoms with Crippen molar-refractivity contribution >= 4 is 16.5 Å². The Hall–Kier alpha value is -0.680. The van der Waals surface area contributed by atoms with E-state index in [1.165, 1.54) is 12.8 Å². The Morgan fingerprint density at radius 1 is 1.62 bits per heavy atom. The molecule has 90 valence electrons. The van der Waals surface area contributed by atoms with Crippen molar-refractivity contribution in [2.75, 3.05) is 24.5 Å². The zero-order chi connectivity index (χ0) is 11.4. The van der Waals surface area contributed by atoms with Crippen molar-refractivity contribution in [2.24, 2.45) is 5.92 Å². The van der Waals surface area contributed by atoms with Gasteiger partial charge < -0.3 is 10.2 Å². The minimum atomic E-state index is 0.603. The molecular weight excluding hydrogens is 220 g/mol. The Bertz CT molecular complexity index is 299. The lowest BCUT2D eigenvalue weighted by molar-refractivity contribution is 0.512. The first-order chi connectivity index (χ1) is 7.77. The van der Waals surface area contributed by atoms with Crippen molar-refractivity contribution in [2.45, 2.75) is 32.7 Å². The summed E-state index contributed by atoms with van der Waals surface area (Å²) in [5, 5.41) is 12.7. The van der Waals surface area contributed by atoms with E-state index in [-0.39, 0.29) is 0 Å². The van der Waals surface area contributed by atoms with Gasteiger partial charge in [0.2, 0.25) is 5.13 Å². The molecule has 0 spiro atoms. The maximum Gasteiger partial charge on any atom is 0.208 e. The molecule has 1 unspecified atom stereocenters. The number of hydrogen-bond donors (Lipinski definition) is 1. The molecule has 5 heteroatoms. The monoisotopic (exact) mass is 240 g/mol. The van der Waals surface area contributed by atoms with Crippen LogP contribution in [0.15, 0.2) is 5.51 Å². The highest BCUT2D eigenvalue weighted by atomic mass is 32.1. The Balaban J connectivity index is 1.84. The molecular formula is C11H20N4S. The van der Waals surface area contributed by atoms with Crippen molar-refractivity contribution in [3.8, 4) is 0 Å². The quantitative estimate of drug-likeness (QED) is 0.851. The number of rotatable bonds is 5. The second-order valence-corrected chi connectivity index (χ2v) is 5.57. The SMILES string of the molecule is CC(C)CNCC1CCCN1c1nncs1. The van der Waals surface area contributed by atoms with Gasteiger partial charge in [-0.1, -0.05) is 25.2 Å². The molecule has 1 saturated heterocycles. The van der Waals surface area contributed by atoms with Crippen molar-refractivity contribution in [1.82, 2.24) is 15.5 Å². The van der Waals surface area contributed by atoms with Crippen LogP contribution < -0.4 is 10.2 Å². The van der Waals surface area contributed by atoms with Crippen LogP contribution in [0, 0.1) is 5.92 Å². The molecule has 1 fully saturated rings. The van der Waals surface area contributed by atoms with E-state index in [0.29, 0.717) is 6.04 Å². The predicted molar refractivity (Wildman–Crippen MR) is 68.0 cm³/mol. The summed E-state index contributed by atoms with van der Waals surface area (Å²) in [5.41, 5.74) is 1.81. The van der Waals surface area contributed by atoms with Gasteiger partial charge in [0.15, 0.2) is 0 Å². The molecule has 0 aromatic carbocycles. The van der Waals surface area contributed by atoms with Gasteiger partial charge in [0, 0.05) is 19.1 Å². The summed E-state index contributed by atoms with van der Waals surface area (Å²) in [6, 6.07) is 0.603. The molecule has 1 aliphatic rings. The molecule has 1 aliphatic heterocycles. The number of nitrogens with one attached hydrogen (secondary N) is 1. The highest BCUT2D eigenvalue weighted by molar-refractivity contribution is 7.13. The number of aromatic nitrogens is 2. The number of anilines is 1. The van der Waals surface area contributed by atoms with E-state index >= 15 is 0 Å². The minimum Gasteiger partial charge on any atom is -0.342 e. The summed E-state index contributed by atoms with van der Waals surface area (Å²) in [5.74, 6) is 0.719. The van der Waals surface area contributed by atoms with Crippen LogP contribution in [-0.2, 0) is 0 Å². The molecule has 0 aliphatic carbocycles. The Morgan fingerprint density at radius 3 is 3.19 bits per heavy atom. The average Bonchev–Trinajstić information content (AvgIpc) is 2.84. The van der Waals surface area contributed by atoms with Crippen LogP contribution >= 0.6 is 11.3 Å². The van der Waals surface area contributed by atoms with Gasteiger partial charge in [-0.25, -0.2) is 0 Å². The van der Waals surface area contributed by atoms with Gasteiger partial charge in [-0.2, -0.15) is 0 Å². The van der Waals surface area contributed by atoms with Crippen LogP contribution in [0.4, 0.5) is 5.13 Å². The van der Waals surface area contributed by atoms with Gasteiger partial charge >= 0.3 is 0 Å². The first-order valence-electron chi connectivity index (χ1n) is 6.01. The van der Waals surface area contributed by atoms with Crippen molar-refractivity contribution < 1.29 is 0 Å². The first kappa shape index (κ1) is 11.8. The zero-order valence-corrected chi connectivity index (χ0v) is 10.8. The standard InChI is InChI=1S/C11H20N4S/c1-9(2)6-12-7-10-4-3-5-15(10)11-14-13-8-16-11/h8-10,12H,3-7H2,1-2H3. The molecule has 2 rings (SSSR count). The summed E-state index contributed by atoms with van der Waals surface area (Å²) in [6.45, 7) is 7.77. The van der Waals surface area contributed by atoms with E-state index in [4.69, 9.17) is 0 Å². The van der Waals surface area contributed by atoms with Crippen molar-refractivity contribution in [3.63, 3.8) is 0 Å². The molecule has 1 aromatic heterocycles. The third kappa shape index (κ3) is 2.92. The van der Waals surface area contributed by atoms with E-state index in [2.05, 4.69) is 34.3 Å². The Kier molecular flexibility index (Phi) is 4.12. The normalized spacial score (nSPS) is 20.9. The van der Waals surface area contributed by atoms with E-state index < -0.39 is 0 Å². The fourth-order valence-corrected chi connectivity index (χ4v) is 2.79. The minimum absolute atomic E-state index is 0.603. The lowest BCUT2D eigenvalue weighted by Crippen LogP contribution is -2.39. The molecule has 1 N–H and O–H groups in total. The van der Waals surface area contributed by atoms with Crippen LogP contribution in [0.2, 0.25) is 0 Å². The van der Waals surface area contributed by atoms with E-state index in [9.17, 15) is 0 Å². The second kappa shape index (κ2) is 5.59. The lowest BCUT2D eigenvalue weighted by Gasteiger charge is -2.24. The van der Waals surface area contributed by atoms with Gasteiger partial charge in [-0.3, -0.25) is 0 Å². The maximum atomic E-state index is 4.16. The lowest BCUT2D eigenvalue weighted by atomic mass is 10.2. The van der Waals surface area contributed by atoms with Crippen LogP contribution in [0.25, 0.3) is 0 Å². The highest BCUT2D eigenvalue weighted by Crippen LogP contribution is 2.25. The largest absolute Gasteiger partial charge is 0.342 e. The van der Waals surface area contributed by atoms with Gasteiger partial charge in [0.25, 0.3) is 0 Å². The average molecular weight is 240 g/mol. The van der Waals surface area contributed by atoms with Crippen LogP contribution in [0.5, 0.6) is 0 Å². The second-order valence-electron chi connectivity index (χ2n) is 4.76. The van der Waals surface area contributed by atoms with Gasteiger partial charge in [0.1, 0.15) is 5.51 Å². The van der Waals surface area contributed by atoms with Crippen LogP contribution in [0.1, 0.15) is 26.7 Å². The molecule has 2 heterocycles. The predicted octanol–water partition coefficient (Wildman–Crippen LogP) is 1.75. The topological polar surface area (TPSA) is 41.0 Å². The summed E-state index contributed by atoms with van der Waals surface area (Å²) < 4.78 is 0. The summed E-state index contributed by atoms with van der Waals surface area (Å²) in [6.07, 6.45) is 2.54. The first-order valence-corrected chi connectivity index (χ1v) is 6.89. The summed E-state index contributed by atoms with van der Waals surface area (Å²) in [4.78, 5) is 2.39.